The van der Waals surface area contributed by atoms with Gasteiger partial charge in [0.15, 0.2) is 0 Å². The maximum absolute atomic E-state index is 12.1. The van der Waals surface area contributed by atoms with E-state index in [4.69, 9.17) is 16.3 Å². The summed E-state index contributed by atoms with van der Waals surface area (Å²) in [5, 5.41) is 24.4. The van der Waals surface area contributed by atoms with Crippen molar-refractivity contribution in [3.05, 3.63) is 21.8 Å². The molecule has 31 heavy (non-hydrogen) atoms. The number of nitriles is 2. The largest absolute Gasteiger partial charge is 0.444 e. The van der Waals surface area contributed by atoms with Crippen molar-refractivity contribution >= 4 is 29.4 Å². The first kappa shape index (κ1) is 24.2. The van der Waals surface area contributed by atoms with E-state index in [0.29, 0.717) is 49.3 Å². The number of anilines is 1. The van der Waals surface area contributed by atoms with Crippen molar-refractivity contribution in [1.29, 1.82) is 10.5 Å². The van der Waals surface area contributed by atoms with Crippen molar-refractivity contribution in [3.63, 3.8) is 0 Å². The number of aromatic nitrogens is 1. The molecule has 2 amide bonds. The maximum atomic E-state index is 12.1. The lowest BCUT2D eigenvalue weighted by Gasteiger charge is -2.34. The standard InChI is InChI=1S/C21H27ClN6O3/c1-5-14-15(10-23)18(22)27-19(16(14)11-24)28-8-6-13(7-9-28)26-17(29)12-25-20(30)31-21(2,3)4/h13H,5-9,12H2,1-4H3,(H,25,30)(H,26,29). The lowest BCUT2D eigenvalue weighted by atomic mass is 10.00. The Labute approximate surface area is 187 Å². The maximum Gasteiger partial charge on any atom is 0.408 e. The van der Waals surface area contributed by atoms with Crippen LogP contribution in [0.2, 0.25) is 5.15 Å². The van der Waals surface area contributed by atoms with Crippen LogP contribution in [0.15, 0.2) is 0 Å². The van der Waals surface area contributed by atoms with Gasteiger partial charge in [-0.25, -0.2) is 9.78 Å². The second-order valence-corrected chi connectivity index (χ2v) is 8.57. The van der Waals surface area contributed by atoms with Gasteiger partial charge < -0.3 is 20.3 Å². The van der Waals surface area contributed by atoms with E-state index in [9.17, 15) is 20.1 Å². The number of hydrogen-bond acceptors (Lipinski definition) is 7. The minimum absolute atomic E-state index is 0.0609. The van der Waals surface area contributed by atoms with Gasteiger partial charge in [-0.1, -0.05) is 18.5 Å². The van der Waals surface area contributed by atoms with E-state index in [1.54, 1.807) is 20.8 Å². The topological polar surface area (TPSA) is 131 Å². The highest BCUT2D eigenvalue weighted by atomic mass is 35.5. The highest BCUT2D eigenvalue weighted by Crippen LogP contribution is 2.30. The molecule has 1 aromatic heterocycles. The number of nitrogens with zero attached hydrogens (tertiary/aromatic N) is 4. The summed E-state index contributed by atoms with van der Waals surface area (Å²) in [7, 11) is 0. The third-order valence-electron chi connectivity index (χ3n) is 4.77. The first-order valence-corrected chi connectivity index (χ1v) is 10.5. The molecule has 1 saturated heterocycles. The van der Waals surface area contributed by atoms with Gasteiger partial charge in [-0.2, -0.15) is 10.5 Å². The molecular weight excluding hydrogens is 420 g/mol. The minimum atomic E-state index is -0.642. The van der Waals surface area contributed by atoms with Crippen LogP contribution in [-0.4, -0.2) is 48.3 Å². The number of carbonyl (C=O) groups excluding carboxylic acids is 2. The van der Waals surface area contributed by atoms with Crippen molar-refractivity contribution in [3.8, 4) is 12.1 Å². The van der Waals surface area contributed by atoms with Crippen LogP contribution in [0.1, 0.15) is 57.2 Å². The molecule has 166 valence electrons. The molecule has 0 spiro atoms. The number of amides is 2. The minimum Gasteiger partial charge on any atom is -0.444 e. The van der Waals surface area contributed by atoms with Gasteiger partial charge in [0.25, 0.3) is 0 Å². The lowest BCUT2D eigenvalue weighted by molar-refractivity contribution is -0.121. The summed E-state index contributed by atoms with van der Waals surface area (Å²) in [5.41, 5.74) is 0.579. The third kappa shape index (κ3) is 6.47. The highest BCUT2D eigenvalue weighted by molar-refractivity contribution is 6.30. The highest BCUT2D eigenvalue weighted by Gasteiger charge is 2.26. The van der Waals surface area contributed by atoms with Crippen LogP contribution in [0.4, 0.5) is 10.6 Å². The number of piperidine rings is 1. The molecule has 2 rings (SSSR count). The van der Waals surface area contributed by atoms with Crippen molar-refractivity contribution in [2.75, 3.05) is 24.5 Å². The summed E-state index contributed by atoms with van der Waals surface area (Å²) in [6.45, 7) is 8.08. The molecule has 2 N–H and O–H groups in total. The van der Waals surface area contributed by atoms with Crippen molar-refractivity contribution in [2.45, 2.75) is 58.6 Å². The Bertz CT molecular complexity index is 921. The second-order valence-electron chi connectivity index (χ2n) is 8.22. The molecule has 0 unspecified atom stereocenters. The molecule has 1 aromatic rings. The molecule has 1 fully saturated rings. The Morgan fingerprint density at radius 3 is 2.35 bits per heavy atom. The Hall–Kier alpha value is -3.04. The fraction of sp³-hybridized carbons (Fsp3) is 0.571. The number of nitrogens with one attached hydrogen (secondary N) is 2. The van der Waals surface area contributed by atoms with Gasteiger partial charge in [-0.05, 0) is 45.6 Å². The van der Waals surface area contributed by atoms with Crippen LogP contribution in [0.5, 0.6) is 0 Å². The Kier molecular flexibility index (Phi) is 8.07. The monoisotopic (exact) mass is 446 g/mol. The first-order valence-electron chi connectivity index (χ1n) is 10.1. The zero-order valence-electron chi connectivity index (χ0n) is 18.2. The van der Waals surface area contributed by atoms with Crippen molar-refractivity contribution < 1.29 is 14.3 Å². The molecular formula is C21H27ClN6O3. The Morgan fingerprint density at radius 2 is 1.84 bits per heavy atom. The fourth-order valence-electron chi connectivity index (χ4n) is 3.38. The van der Waals surface area contributed by atoms with Gasteiger partial charge in [0.2, 0.25) is 5.91 Å². The van der Waals surface area contributed by atoms with Gasteiger partial charge >= 0.3 is 6.09 Å². The SMILES string of the molecule is CCc1c(C#N)c(Cl)nc(N2CCC(NC(=O)CNC(=O)OC(C)(C)C)CC2)c1C#N. The van der Waals surface area contributed by atoms with Crippen molar-refractivity contribution in [2.24, 2.45) is 0 Å². The average molecular weight is 447 g/mol. The van der Waals surface area contributed by atoms with Gasteiger partial charge in [0.1, 0.15) is 35.3 Å². The van der Waals surface area contributed by atoms with E-state index in [-0.39, 0.29) is 29.2 Å². The quantitative estimate of drug-likeness (QED) is 0.664. The number of alkyl carbamates (subject to hydrolysis) is 1. The molecule has 1 aliphatic rings. The van der Waals surface area contributed by atoms with E-state index in [1.165, 1.54) is 0 Å². The molecule has 9 nitrogen and oxygen atoms in total. The zero-order valence-corrected chi connectivity index (χ0v) is 19.0. The Morgan fingerprint density at radius 1 is 1.23 bits per heavy atom. The van der Waals surface area contributed by atoms with Crippen LogP contribution in [0, 0.1) is 22.7 Å². The lowest BCUT2D eigenvalue weighted by Crippen LogP contribution is -2.48. The van der Waals surface area contributed by atoms with E-state index < -0.39 is 11.7 Å². The number of rotatable bonds is 5. The number of ether oxygens (including phenoxy) is 1. The molecule has 0 radical (unpaired) electrons. The number of carbonyl (C=O) groups is 2. The summed E-state index contributed by atoms with van der Waals surface area (Å²) in [6.07, 6.45) is 1.14. The number of hydrogen-bond donors (Lipinski definition) is 2. The van der Waals surface area contributed by atoms with Crippen LogP contribution >= 0.6 is 11.6 Å². The zero-order chi connectivity index (χ0) is 23.2. The summed E-state index contributed by atoms with van der Waals surface area (Å²) in [6, 6.07) is 4.13. The van der Waals surface area contributed by atoms with E-state index >= 15 is 0 Å². The number of halogens is 1. The van der Waals surface area contributed by atoms with Crippen molar-refractivity contribution in [1.82, 2.24) is 15.6 Å². The molecule has 2 heterocycles. The van der Waals surface area contributed by atoms with Gasteiger partial charge in [-0.3, -0.25) is 4.79 Å². The predicted octanol–water partition coefficient (Wildman–Crippen LogP) is 2.65. The summed E-state index contributed by atoms with van der Waals surface area (Å²) in [4.78, 5) is 30.0. The molecule has 0 bridgehead atoms. The van der Waals surface area contributed by atoms with Crippen LogP contribution in [-0.2, 0) is 16.0 Å². The normalized spacial score (nSPS) is 14.4. The van der Waals surface area contributed by atoms with E-state index in [2.05, 4.69) is 21.7 Å². The predicted molar refractivity (Wildman–Crippen MR) is 116 cm³/mol. The summed E-state index contributed by atoms with van der Waals surface area (Å²) >= 11 is 6.19. The molecule has 0 atom stereocenters. The van der Waals surface area contributed by atoms with Crippen LogP contribution < -0.4 is 15.5 Å². The second kappa shape index (κ2) is 10.3. The van der Waals surface area contributed by atoms with E-state index in [0.717, 1.165) is 0 Å². The molecule has 10 heteroatoms. The summed E-state index contributed by atoms with van der Waals surface area (Å²) < 4.78 is 5.11. The third-order valence-corrected chi connectivity index (χ3v) is 5.04. The van der Waals surface area contributed by atoms with E-state index in [1.807, 2.05) is 17.9 Å². The van der Waals surface area contributed by atoms with Crippen LogP contribution in [0.25, 0.3) is 0 Å². The molecule has 0 saturated carbocycles. The van der Waals surface area contributed by atoms with Gasteiger partial charge in [0, 0.05) is 19.1 Å². The molecule has 0 aliphatic carbocycles. The first-order chi connectivity index (χ1) is 14.6. The number of pyridine rings is 1. The van der Waals surface area contributed by atoms with Gasteiger partial charge in [0.05, 0.1) is 11.1 Å². The Balaban J connectivity index is 1.96. The van der Waals surface area contributed by atoms with Gasteiger partial charge in [-0.15, -0.1) is 0 Å². The molecule has 0 aromatic carbocycles. The fourth-order valence-corrected chi connectivity index (χ4v) is 3.62. The average Bonchev–Trinajstić information content (AvgIpc) is 2.70. The van der Waals surface area contributed by atoms with Crippen LogP contribution in [0.3, 0.4) is 0 Å². The summed E-state index contributed by atoms with van der Waals surface area (Å²) in [5.74, 6) is 0.176. The molecule has 1 aliphatic heterocycles. The smallest absolute Gasteiger partial charge is 0.408 e.